The number of amides is 1. The van der Waals surface area contributed by atoms with Crippen molar-refractivity contribution in [3.05, 3.63) is 52.3 Å². The van der Waals surface area contributed by atoms with Gasteiger partial charge >= 0.3 is 12.4 Å². The highest BCUT2D eigenvalue weighted by Crippen LogP contribution is 2.36. The van der Waals surface area contributed by atoms with E-state index >= 15 is 0 Å². The third-order valence-corrected chi connectivity index (χ3v) is 4.73. The zero-order valence-electron chi connectivity index (χ0n) is 15.8. The molecule has 2 heterocycles. The van der Waals surface area contributed by atoms with Crippen molar-refractivity contribution in [1.29, 1.82) is 0 Å². The normalized spacial score (nSPS) is 15.0. The molecule has 0 saturated carbocycles. The maximum Gasteiger partial charge on any atom is 0.416 e. The van der Waals surface area contributed by atoms with E-state index in [0.717, 1.165) is 0 Å². The van der Waals surface area contributed by atoms with Gasteiger partial charge in [0.25, 0.3) is 0 Å². The summed E-state index contributed by atoms with van der Waals surface area (Å²) in [6.07, 6.45) is -10.1. The Labute approximate surface area is 167 Å². The summed E-state index contributed by atoms with van der Waals surface area (Å²) < 4.78 is 79.7. The number of halogens is 6. The minimum atomic E-state index is -4.97. The van der Waals surface area contributed by atoms with Gasteiger partial charge in [-0.05, 0) is 36.2 Å². The molecule has 0 N–H and O–H groups in total. The summed E-state index contributed by atoms with van der Waals surface area (Å²) in [5.74, 6) is -0.862. The quantitative estimate of drug-likeness (QED) is 0.541. The third-order valence-electron chi connectivity index (χ3n) is 4.73. The number of alkyl halides is 6. The number of aryl methyl sites for hydroxylation is 1. The van der Waals surface area contributed by atoms with Crippen LogP contribution < -0.4 is 0 Å². The minimum Gasteiger partial charge on any atom is -0.336 e. The molecule has 1 aromatic heterocycles. The van der Waals surface area contributed by atoms with Crippen LogP contribution in [0.25, 0.3) is 0 Å². The van der Waals surface area contributed by atoms with Crippen LogP contribution in [0.3, 0.4) is 0 Å². The largest absolute Gasteiger partial charge is 0.416 e. The van der Waals surface area contributed by atoms with Crippen LogP contribution in [0, 0.1) is 0 Å². The minimum absolute atomic E-state index is 0.0295. The van der Waals surface area contributed by atoms with Gasteiger partial charge in [0.2, 0.25) is 5.91 Å². The number of Topliss-reactive ketones (excluding diaryl/α,β-unsaturated/α-hetero) is 1. The Morgan fingerprint density at radius 2 is 1.57 bits per heavy atom. The average Bonchev–Trinajstić information content (AvgIpc) is 2.92. The van der Waals surface area contributed by atoms with Gasteiger partial charge in [-0.15, -0.1) is 0 Å². The second-order valence-electron chi connectivity index (χ2n) is 7.06. The fourth-order valence-corrected chi connectivity index (χ4v) is 3.26. The highest BCUT2D eigenvalue weighted by molar-refractivity contribution is 5.92. The van der Waals surface area contributed by atoms with E-state index in [-0.39, 0.29) is 36.2 Å². The smallest absolute Gasteiger partial charge is 0.336 e. The van der Waals surface area contributed by atoms with Gasteiger partial charge < -0.3 is 4.90 Å². The van der Waals surface area contributed by atoms with Crippen LogP contribution in [0.2, 0.25) is 0 Å². The van der Waals surface area contributed by atoms with Crippen LogP contribution >= 0.6 is 0 Å². The van der Waals surface area contributed by atoms with E-state index in [1.54, 1.807) is 4.68 Å². The predicted molar refractivity (Wildman–Crippen MR) is 92.4 cm³/mol. The molecule has 0 bridgehead atoms. The number of fused-ring (bicyclic) bond motifs is 1. The number of ketones is 1. The Morgan fingerprint density at radius 3 is 2.10 bits per heavy atom. The molecule has 1 aliphatic heterocycles. The summed E-state index contributed by atoms with van der Waals surface area (Å²) in [6.45, 7) is 2.11. The molecule has 0 spiro atoms. The number of hydrogen-bond acceptors (Lipinski definition) is 3. The van der Waals surface area contributed by atoms with Crippen LogP contribution in [0.1, 0.15) is 46.2 Å². The number of nitrogens with zero attached hydrogens (tertiary/aromatic N) is 3. The van der Waals surface area contributed by atoms with E-state index in [4.69, 9.17) is 0 Å². The molecule has 3 rings (SSSR count). The Bertz CT molecular complexity index is 945. The maximum atomic E-state index is 13.0. The highest BCUT2D eigenvalue weighted by atomic mass is 19.4. The molecule has 0 aliphatic carbocycles. The monoisotopic (exact) mass is 433 g/mol. The highest BCUT2D eigenvalue weighted by Gasteiger charge is 2.37. The van der Waals surface area contributed by atoms with Crippen LogP contribution in [0.4, 0.5) is 26.3 Å². The van der Waals surface area contributed by atoms with Crippen LogP contribution in [0.5, 0.6) is 0 Å². The number of rotatable bonds is 3. The fourth-order valence-electron chi connectivity index (χ4n) is 3.26. The first-order chi connectivity index (χ1) is 13.8. The molecule has 1 aliphatic rings. The average molecular weight is 433 g/mol. The van der Waals surface area contributed by atoms with Gasteiger partial charge in [-0.3, -0.25) is 14.3 Å². The van der Waals surface area contributed by atoms with Gasteiger partial charge in [0.1, 0.15) is 5.69 Å². The van der Waals surface area contributed by atoms with Gasteiger partial charge in [0.15, 0.2) is 5.78 Å². The molecule has 30 heavy (non-hydrogen) atoms. The molecule has 0 fully saturated rings. The van der Waals surface area contributed by atoms with E-state index in [1.165, 1.54) is 17.9 Å². The number of aromatic nitrogens is 2. The molecular formula is C19H17F6N3O2. The van der Waals surface area contributed by atoms with E-state index in [0.29, 0.717) is 30.8 Å². The van der Waals surface area contributed by atoms with Crippen LogP contribution in [0.15, 0.2) is 24.3 Å². The molecule has 0 saturated heterocycles. The maximum absolute atomic E-state index is 13.0. The lowest BCUT2D eigenvalue weighted by Crippen LogP contribution is -2.32. The van der Waals surface area contributed by atoms with E-state index in [1.807, 2.05) is 0 Å². The number of benzene rings is 1. The fraction of sp³-hybridized carbons (Fsp3) is 0.421. The molecule has 0 unspecified atom stereocenters. The van der Waals surface area contributed by atoms with Crippen molar-refractivity contribution in [3.8, 4) is 0 Å². The number of carbonyl (C=O) groups excluding carboxylic acids is 2. The Hall–Kier alpha value is -2.85. The van der Waals surface area contributed by atoms with Gasteiger partial charge in [-0.25, -0.2) is 0 Å². The third kappa shape index (κ3) is 4.82. The second kappa shape index (κ2) is 7.77. The standard InChI is InChI=1S/C19H17F6N3O2/c1-11(29)16-9-15-10-27(3-2-4-28(15)26-16)17(30)7-12-5-13(18(20,21)22)8-14(6-12)19(23,24)25/h5-6,8-9H,2-4,7,10H2,1H3. The zero-order valence-corrected chi connectivity index (χ0v) is 15.8. The first kappa shape index (κ1) is 21.8. The molecule has 1 amide bonds. The van der Waals surface area contributed by atoms with Crippen molar-refractivity contribution in [1.82, 2.24) is 14.7 Å². The van der Waals surface area contributed by atoms with Crippen LogP contribution in [-0.2, 0) is 36.7 Å². The molecule has 11 heteroatoms. The molecule has 5 nitrogen and oxygen atoms in total. The molecule has 0 radical (unpaired) electrons. The van der Waals surface area contributed by atoms with Crippen molar-refractivity contribution in [2.75, 3.05) is 6.54 Å². The predicted octanol–water partition coefficient (Wildman–Crippen LogP) is 4.10. The first-order valence-corrected chi connectivity index (χ1v) is 8.98. The van der Waals surface area contributed by atoms with Crippen molar-refractivity contribution in [3.63, 3.8) is 0 Å². The molecule has 1 aromatic carbocycles. The van der Waals surface area contributed by atoms with Crippen molar-refractivity contribution in [2.45, 2.75) is 45.2 Å². The van der Waals surface area contributed by atoms with Gasteiger partial charge in [0.05, 0.1) is 29.8 Å². The van der Waals surface area contributed by atoms with Gasteiger partial charge in [0, 0.05) is 20.0 Å². The second-order valence-corrected chi connectivity index (χ2v) is 7.06. The molecule has 162 valence electrons. The summed E-state index contributed by atoms with van der Waals surface area (Å²) in [4.78, 5) is 25.5. The van der Waals surface area contributed by atoms with Crippen molar-refractivity contribution < 1.29 is 35.9 Å². The van der Waals surface area contributed by atoms with Crippen LogP contribution in [-0.4, -0.2) is 32.9 Å². The lowest BCUT2D eigenvalue weighted by molar-refractivity contribution is -0.143. The van der Waals surface area contributed by atoms with Gasteiger partial charge in [-0.2, -0.15) is 31.4 Å². The summed E-state index contributed by atoms with van der Waals surface area (Å²) in [7, 11) is 0. The zero-order chi connectivity index (χ0) is 22.3. The Morgan fingerprint density at radius 1 is 0.967 bits per heavy atom. The number of carbonyl (C=O) groups is 2. The Balaban J connectivity index is 1.85. The molecule has 2 aromatic rings. The SMILES string of the molecule is CC(=O)c1cc2n(n1)CCCN(C(=O)Cc1cc(C(F)(F)F)cc(C(F)(F)F)c1)C2. The van der Waals surface area contributed by atoms with E-state index in [2.05, 4.69) is 5.10 Å². The van der Waals surface area contributed by atoms with E-state index in [9.17, 15) is 35.9 Å². The topological polar surface area (TPSA) is 55.2 Å². The van der Waals surface area contributed by atoms with Crippen molar-refractivity contribution >= 4 is 11.7 Å². The number of hydrogen-bond donors (Lipinski definition) is 0. The summed E-state index contributed by atoms with van der Waals surface area (Å²) in [6, 6.07) is 2.67. The summed E-state index contributed by atoms with van der Waals surface area (Å²) in [5, 5.41) is 4.14. The summed E-state index contributed by atoms with van der Waals surface area (Å²) >= 11 is 0. The van der Waals surface area contributed by atoms with Crippen molar-refractivity contribution in [2.24, 2.45) is 0 Å². The van der Waals surface area contributed by atoms with Gasteiger partial charge in [-0.1, -0.05) is 0 Å². The molecular weight excluding hydrogens is 416 g/mol. The lowest BCUT2D eigenvalue weighted by Gasteiger charge is -2.21. The van der Waals surface area contributed by atoms with E-state index < -0.39 is 35.8 Å². The lowest BCUT2D eigenvalue weighted by atomic mass is 10.0. The first-order valence-electron chi connectivity index (χ1n) is 8.98. The molecule has 0 atom stereocenters. The Kier molecular flexibility index (Phi) is 5.66. The summed E-state index contributed by atoms with van der Waals surface area (Å²) in [5.41, 5.74) is -2.48.